The minimum atomic E-state index is 0.475. The van der Waals surface area contributed by atoms with Gasteiger partial charge in [-0.2, -0.15) is 0 Å². The maximum Gasteiger partial charge on any atom is 0.123 e. The van der Waals surface area contributed by atoms with E-state index in [0.29, 0.717) is 12.5 Å². The van der Waals surface area contributed by atoms with Crippen LogP contribution in [0, 0.1) is 6.92 Å². The summed E-state index contributed by atoms with van der Waals surface area (Å²) in [5.41, 5.74) is 2.51. The van der Waals surface area contributed by atoms with Gasteiger partial charge in [-0.1, -0.05) is 38.1 Å². The monoisotopic (exact) mass is 273 g/mol. The summed E-state index contributed by atoms with van der Waals surface area (Å²) in [6.45, 7) is 17.3. The molecule has 0 radical (unpaired) electrons. The highest BCUT2D eigenvalue weighted by atomic mass is 16.5. The summed E-state index contributed by atoms with van der Waals surface area (Å²) in [5, 5.41) is 0. The standard InChI is InChI=1S/C18H27NO/c1-6-10-19(11-7-2)12-13-20-18-14-16(5)8-9-17(18)15(3)4/h6-9,14-15H,1-2,10-13H2,3-5H3. The van der Waals surface area contributed by atoms with Crippen LogP contribution in [0.4, 0.5) is 0 Å². The molecule has 0 unspecified atom stereocenters. The number of hydrogen-bond acceptors (Lipinski definition) is 2. The van der Waals surface area contributed by atoms with Gasteiger partial charge in [-0.25, -0.2) is 0 Å². The first-order valence-electron chi connectivity index (χ1n) is 7.26. The molecule has 0 saturated heterocycles. The second kappa shape index (κ2) is 8.60. The van der Waals surface area contributed by atoms with E-state index in [0.717, 1.165) is 25.4 Å². The summed E-state index contributed by atoms with van der Waals surface area (Å²) in [6.07, 6.45) is 3.82. The van der Waals surface area contributed by atoms with Crippen molar-refractivity contribution in [3.8, 4) is 5.75 Å². The zero-order chi connectivity index (χ0) is 15.0. The van der Waals surface area contributed by atoms with Gasteiger partial charge in [0.25, 0.3) is 0 Å². The lowest BCUT2D eigenvalue weighted by atomic mass is 10.0. The molecule has 0 N–H and O–H groups in total. The quantitative estimate of drug-likeness (QED) is 0.626. The molecule has 2 nitrogen and oxygen atoms in total. The lowest BCUT2D eigenvalue weighted by molar-refractivity contribution is 0.234. The molecule has 1 aromatic rings. The van der Waals surface area contributed by atoms with Gasteiger partial charge < -0.3 is 4.74 Å². The van der Waals surface area contributed by atoms with Crippen LogP contribution in [0.15, 0.2) is 43.5 Å². The number of benzene rings is 1. The van der Waals surface area contributed by atoms with E-state index in [1.54, 1.807) is 0 Å². The normalized spacial score (nSPS) is 10.8. The van der Waals surface area contributed by atoms with Gasteiger partial charge in [0.15, 0.2) is 0 Å². The van der Waals surface area contributed by atoms with E-state index in [2.05, 4.69) is 57.0 Å². The van der Waals surface area contributed by atoms with Crippen LogP contribution in [0.5, 0.6) is 5.75 Å². The van der Waals surface area contributed by atoms with Gasteiger partial charge >= 0.3 is 0 Å². The van der Waals surface area contributed by atoms with E-state index in [9.17, 15) is 0 Å². The number of hydrogen-bond donors (Lipinski definition) is 0. The van der Waals surface area contributed by atoms with Crippen LogP contribution in [0.1, 0.15) is 30.9 Å². The molecule has 0 fully saturated rings. The van der Waals surface area contributed by atoms with Crippen molar-refractivity contribution < 1.29 is 4.74 Å². The van der Waals surface area contributed by atoms with Gasteiger partial charge in [-0.15, -0.1) is 13.2 Å². The van der Waals surface area contributed by atoms with E-state index in [-0.39, 0.29) is 0 Å². The number of aryl methyl sites for hydroxylation is 1. The largest absolute Gasteiger partial charge is 0.492 e. The predicted octanol–water partition coefficient (Wildman–Crippen LogP) is 4.17. The van der Waals surface area contributed by atoms with Gasteiger partial charge in [0.1, 0.15) is 12.4 Å². The Morgan fingerprint density at radius 1 is 1.20 bits per heavy atom. The maximum atomic E-state index is 5.99. The van der Waals surface area contributed by atoms with E-state index in [1.807, 2.05) is 12.2 Å². The first kappa shape index (κ1) is 16.5. The van der Waals surface area contributed by atoms with Crippen LogP contribution >= 0.6 is 0 Å². The molecule has 1 rings (SSSR count). The Bertz CT molecular complexity index is 427. The molecule has 2 heteroatoms. The van der Waals surface area contributed by atoms with Crippen LogP contribution in [0.2, 0.25) is 0 Å². The Morgan fingerprint density at radius 2 is 1.85 bits per heavy atom. The fourth-order valence-corrected chi connectivity index (χ4v) is 2.15. The summed E-state index contributed by atoms with van der Waals surface area (Å²) < 4.78 is 5.99. The highest BCUT2D eigenvalue weighted by Crippen LogP contribution is 2.27. The molecular formula is C18H27NO. The van der Waals surface area contributed by atoms with Crippen molar-refractivity contribution in [2.45, 2.75) is 26.7 Å². The van der Waals surface area contributed by atoms with E-state index in [1.165, 1.54) is 11.1 Å². The third kappa shape index (κ3) is 5.22. The number of ether oxygens (including phenoxy) is 1. The lowest BCUT2D eigenvalue weighted by Gasteiger charge is -2.20. The SMILES string of the molecule is C=CCN(CC=C)CCOc1cc(C)ccc1C(C)C. The van der Waals surface area contributed by atoms with Crippen molar-refractivity contribution in [2.75, 3.05) is 26.2 Å². The molecule has 0 atom stereocenters. The van der Waals surface area contributed by atoms with Crippen LogP contribution < -0.4 is 4.74 Å². The van der Waals surface area contributed by atoms with Gasteiger partial charge in [0.2, 0.25) is 0 Å². The summed E-state index contributed by atoms with van der Waals surface area (Å²) in [6, 6.07) is 6.44. The number of nitrogens with zero attached hydrogens (tertiary/aromatic N) is 1. The smallest absolute Gasteiger partial charge is 0.123 e. The Hall–Kier alpha value is -1.54. The Morgan fingerprint density at radius 3 is 2.40 bits per heavy atom. The first-order chi connectivity index (χ1) is 9.58. The molecule has 110 valence electrons. The molecule has 0 aliphatic carbocycles. The molecule has 0 amide bonds. The molecule has 0 heterocycles. The van der Waals surface area contributed by atoms with Gasteiger partial charge in [-0.05, 0) is 30.0 Å². The predicted molar refractivity (Wildman–Crippen MR) is 87.6 cm³/mol. The van der Waals surface area contributed by atoms with Crippen molar-refractivity contribution in [1.29, 1.82) is 0 Å². The van der Waals surface area contributed by atoms with Crippen molar-refractivity contribution >= 4 is 0 Å². The van der Waals surface area contributed by atoms with E-state index in [4.69, 9.17) is 4.74 Å². The second-order valence-electron chi connectivity index (χ2n) is 5.38. The molecular weight excluding hydrogens is 246 g/mol. The van der Waals surface area contributed by atoms with Gasteiger partial charge in [-0.3, -0.25) is 4.90 Å². The van der Waals surface area contributed by atoms with Crippen LogP contribution in [0.25, 0.3) is 0 Å². The first-order valence-corrected chi connectivity index (χ1v) is 7.26. The minimum Gasteiger partial charge on any atom is -0.492 e. The van der Waals surface area contributed by atoms with Gasteiger partial charge in [0, 0.05) is 19.6 Å². The van der Waals surface area contributed by atoms with Crippen molar-refractivity contribution in [2.24, 2.45) is 0 Å². The third-order valence-corrected chi connectivity index (χ3v) is 3.23. The van der Waals surface area contributed by atoms with Crippen molar-refractivity contribution in [3.05, 3.63) is 54.6 Å². The zero-order valence-corrected chi connectivity index (χ0v) is 13.1. The van der Waals surface area contributed by atoms with Crippen LogP contribution in [-0.4, -0.2) is 31.1 Å². The summed E-state index contributed by atoms with van der Waals surface area (Å²) >= 11 is 0. The molecule has 0 aliphatic heterocycles. The van der Waals surface area contributed by atoms with Crippen molar-refractivity contribution in [1.82, 2.24) is 4.90 Å². The molecule has 0 spiro atoms. The Kier molecular flexibility index (Phi) is 7.10. The fourth-order valence-electron chi connectivity index (χ4n) is 2.15. The van der Waals surface area contributed by atoms with Crippen LogP contribution in [0.3, 0.4) is 0 Å². The summed E-state index contributed by atoms with van der Waals surface area (Å²) in [7, 11) is 0. The molecule has 0 saturated carbocycles. The highest BCUT2D eigenvalue weighted by molar-refractivity contribution is 5.39. The molecule has 0 aromatic heterocycles. The number of rotatable bonds is 9. The average Bonchev–Trinajstić information content (AvgIpc) is 2.39. The third-order valence-electron chi connectivity index (χ3n) is 3.23. The summed E-state index contributed by atoms with van der Waals surface area (Å²) in [5.74, 6) is 1.49. The van der Waals surface area contributed by atoms with E-state index < -0.39 is 0 Å². The second-order valence-corrected chi connectivity index (χ2v) is 5.38. The average molecular weight is 273 g/mol. The van der Waals surface area contributed by atoms with Crippen molar-refractivity contribution in [3.63, 3.8) is 0 Å². The highest BCUT2D eigenvalue weighted by Gasteiger charge is 2.08. The minimum absolute atomic E-state index is 0.475. The lowest BCUT2D eigenvalue weighted by Crippen LogP contribution is -2.28. The molecule has 20 heavy (non-hydrogen) atoms. The fraction of sp³-hybridized carbons (Fsp3) is 0.444. The molecule has 1 aromatic carbocycles. The van der Waals surface area contributed by atoms with E-state index >= 15 is 0 Å². The van der Waals surface area contributed by atoms with Gasteiger partial charge in [0.05, 0.1) is 0 Å². The summed E-state index contributed by atoms with van der Waals surface area (Å²) in [4.78, 5) is 2.25. The molecule has 0 aliphatic rings. The Balaban J connectivity index is 2.62. The maximum absolute atomic E-state index is 5.99. The Labute approximate surface area is 123 Å². The zero-order valence-electron chi connectivity index (χ0n) is 13.1. The topological polar surface area (TPSA) is 12.5 Å². The van der Waals surface area contributed by atoms with Crippen LogP contribution in [-0.2, 0) is 0 Å². The molecule has 0 bridgehead atoms.